The molecule has 1 unspecified atom stereocenters. The van der Waals surface area contributed by atoms with Gasteiger partial charge in [-0.25, -0.2) is 14.4 Å². The second-order valence-corrected chi connectivity index (χ2v) is 9.23. The van der Waals surface area contributed by atoms with E-state index in [1.807, 2.05) is 24.3 Å². The second-order valence-electron chi connectivity index (χ2n) is 7.80. The maximum atomic E-state index is 14.0. The molecule has 0 radical (unpaired) electrons. The second kappa shape index (κ2) is 10.9. The zero-order valence-corrected chi connectivity index (χ0v) is 19.7. The molecule has 0 spiro atoms. The Balaban J connectivity index is 1.53. The van der Waals surface area contributed by atoms with Crippen molar-refractivity contribution in [2.45, 2.75) is 18.5 Å². The molecule has 0 aliphatic heterocycles. The zero-order valence-electron chi connectivity index (χ0n) is 18.9. The van der Waals surface area contributed by atoms with Gasteiger partial charge in [-0.05, 0) is 42.0 Å². The molecular weight excluding hydrogens is 496 g/mol. The van der Waals surface area contributed by atoms with Gasteiger partial charge < -0.3 is 14.6 Å². The van der Waals surface area contributed by atoms with Crippen molar-refractivity contribution in [3.63, 3.8) is 0 Å². The van der Waals surface area contributed by atoms with Crippen LogP contribution in [0.5, 0.6) is 5.75 Å². The first-order chi connectivity index (χ1) is 17.2. The number of hydrogen-bond acceptors (Lipinski definition) is 6. The van der Waals surface area contributed by atoms with E-state index in [9.17, 15) is 22.1 Å². The van der Waals surface area contributed by atoms with Gasteiger partial charge in [-0.3, -0.25) is 0 Å². The number of aromatic nitrogens is 3. The third kappa shape index (κ3) is 6.70. The van der Waals surface area contributed by atoms with E-state index in [1.54, 1.807) is 6.26 Å². The topological polar surface area (TPSA) is 83.0 Å². The van der Waals surface area contributed by atoms with Crippen LogP contribution in [0.4, 0.5) is 29.2 Å². The largest absolute Gasteiger partial charge is 0.616 e. The van der Waals surface area contributed by atoms with Crippen LogP contribution in [-0.2, 0) is 29.7 Å². The van der Waals surface area contributed by atoms with Gasteiger partial charge in [0, 0.05) is 17.3 Å². The van der Waals surface area contributed by atoms with Gasteiger partial charge in [0.15, 0.2) is 5.82 Å². The van der Waals surface area contributed by atoms with E-state index < -0.39 is 28.7 Å². The van der Waals surface area contributed by atoms with Crippen LogP contribution in [0.1, 0.15) is 16.7 Å². The van der Waals surface area contributed by atoms with Gasteiger partial charge in [-0.1, -0.05) is 35.4 Å². The first-order valence-corrected chi connectivity index (χ1v) is 12.3. The minimum absolute atomic E-state index is 0.0869. The fourth-order valence-corrected chi connectivity index (χ4v) is 3.99. The Hall–Kier alpha value is -3.70. The molecule has 1 atom stereocenters. The number of nitrogens with zero attached hydrogens (tertiary/aromatic N) is 3. The lowest BCUT2D eigenvalue weighted by molar-refractivity contribution is -0.137. The van der Waals surface area contributed by atoms with Crippen LogP contribution >= 0.6 is 0 Å². The highest BCUT2D eigenvalue weighted by Gasteiger charge is 2.29. The average molecular weight is 517 g/mol. The number of halogens is 4. The molecule has 0 aliphatic rings. The Labute approximate surface area is 207 Å². The highest BCUT2D eigenvalue weighted by Crippen LogP contribution is 2.31. The molecule has 3 aromatic carbocycles. The van der Waals surface area contributed by atoms with E-state index in [0.29, 0.717) is 22.6 Å². The lowest BCUT2D eigenvalue weighted by atomic mass is 10.1. The standard InChI is InChI=1S/C25H20F4N4O2S/c1-36(34)14-17-3-2-4-20(11-17)32-24-31-15-30-23(33-24)21-10-9-19(26)12-22(21)35-13-16-5-7-18(8-6-16)25(27,28)29/h2-12,15H,13-14H2,1H3,(H,30,31,32,33). The van der Waals surface area contributed by atoms with Crippen LogP contribution < -0.4 is 10.1 Å². The fourth-order valence-electron chi connectivity index (χ4n) is 3.34. The third-order valence-corrected chi connectivity index (χ3v) is 5.72. The summed E-state index contributed by atoms with van der Waals surface area (Å²) in [7, 11) is 0. The number of alkyl halides is 3. The molecule has 0 saturated carbocycles. The molecule has 4 rings (SSSR count). The van der Waals surface area contributed by atoms with Gasteiger partial charge in [-0.2, -0.15) is 18.2 Å². The molecule has 0 aliphatic carbocycles. The molecule has 0 amide bonds. The van der Waals surface area contributed by atoms with Crippen LogP contribution in [0.25, 0.3) is 11.4 Å². The van der Waals surface area contributed by atoms with Gasteiger partial charge in [0.25, 0.3) is 0 Å². The molecule has 11 heteroatoms. The minimum Gasteiger partial charge on any atom is -0.616 e. The van der Waals surface area contributed by atoms with Gasteiger partial charge in [0.05, 0.1) is 17.4 Å². The van der Waals surface area contributed by atoms with E-state index in [4.69, 9.17) is 4.74 Å². The third-order valence-electron chi connectivity index (χ3n) is 4.99. The summed E-state index contributed by atoms with van der Waals surface area (Å²) in [4.78, 5) is 12.7. The van der Waals surface area contributed by atoms with Crippen LogP contribution in [0.15, 0.2) is 73.1 Å². The number of nitrogens with one attached hydrogen (secondary N) is 1. The molecule has 1 heterocycles. The monoisotopic (exact) mass is 516 g/mol. The first-order valence-electron chi connectivity index (χ1n) is 10.6. The van der Waals surface area contributed by atoms with Crippen molar-refractivity contribution in [1.82, 2.24) is 15.0 Å². The van der Waals surface area contributed by atoms with Crippen LogP contribution in [-0.4, -0.2) is 25.8 Å². The molecule has 6 nitrogen and oxygen atoms in total. The maximum absolute atomic E-state index is 14.0. The molecule has 0 fully saturated rings. The van der Waals surface area contributed by atoms with E-state index in [-0.39, 0.29) is 24.1 Å². The van der Waals surface area contributed by atoms with Crippen LogP contribution in [0.2, 0.25) is 0 Å². The normalized spacial score (nSPS) is 12.3. The summed E-state index contributed by atoms with van der Waals surface area (Å²) in [5.74, 6) is 0.416. The number of rotatable bonds is 8. The highest BCUT2D eigenvalue weighted by atomic mass is 32.2. The predicted molar refractivity (Wildman–Crippen MR) is 128 cm³/mol. The van der Waals surface area contributed by atoms with Crippen molar-refractivity contribution >= 4 is 22.8 Å². The number of hydrogen-bond donors (Lipinski definition) is 1. The van der Waals surface area contributed by atoms with Crippen molar-refractivity contribution in [2.75, 3.05) is 11.6 Å². The number of ether oxygens (including phenoxy) is 1. The average Bonchev–Trinajstić information content (AvgIpc) is 2.82. The summed E-state index contributed by atoms with van der Waals surface area (Å²) < 4.78 is 69.6. The summed E-state index contributed by atoms with van der Waals surface area (Å²) in [6, 6.07) is 15.7. The SMILES string of the molecule is C[S+]([O-])Cc1cccc(Nc2ncnc(-c3ccc(F)cc3OCc3ccc(C(F)(F)F)cc3)n2)c1. The molecule has 4 aromatic rings. The Morgan fingerprint density at radius 3 is 2.47 bits per heavy atom. The lowest BCUT2D eigenvalue weighted by Gasteiger charge is -2.13. The van der Waals surface area contributed by atoms with Crippen LogP contribution in [0.3, 0.4) is 0 Å². The number of benzene rings is 3. The summed E-state index contributed by atoms with van der Waals surface area (Å²) >= 11 is -0.989. The summed E-state index contributed by atoms with van der Waals surface area (Å²) in [5, 5.41) is 3.07. The van der Waals surface area contributed by atoms with Gasteiger partial charge >= 0.3 is 6.18 Å². The van der Waals surface area contributed by atoms with E-state index in [0.717, 1.165) is 23.8 Å². The molecule has 0 bridgehead atoms. The maximum Gasteiger partial charge on any atom is 0.416 e. The zero-order chi connectivity index (χ0) is 25.7. The van der Waals surface area contributed by atoms with Gasteiger partial charge in [0.1, 0.15) is 30.3 Å². The first kappa shape index (κ1) is 25.4. The van der Waals surface area contributed by atoms with Crippen molar-refractivity contribution in [2.24, 2.45) is 0 Å². The van der Waals surface area contributed by atoms with Crippen LogP contribution in [0, 0.1) is 5.82 Å². The molecule has 36 heavy (non-hydrogen) atoms. The Morgan fingerprint density at radius 2 is 1.75 bits per heavy atom. The summed E-state index contributed by atoms with van der Waals surface area (Å²) in [6.07, 6.45) is -1.52. The molecule has 1 N–H and O–H groups in total. The predicted octanol–water partition coefficient (Wildman–Crippen LogP) is 5.90. The highest BCUT2D eigenvalue weighted by molar-refractivity contribution is 7.89. The smallest absolute Gasteiger partial charge is 0.416 e. The van der Waals surface area contributed by atoms with Gasteiger partial charge in [0.2, 0.25) is 5.95 Å². The van der Waals surface area contributed by atoms with Crippen molar-refractivity contribution in [3.8, 4) is 17.1 Å². The molecular formula is C25H20F4N4O2S. The Kier molecular flexibility index (Phi) is 7.70. The van der Waals surface area contributed by atoms with E-state index >= 15 is 0 Å². The van der Waals surface area contributed by atoms with E-state index in [2.05, 4.69) is 20.3 Å². The lowest BCUT2D eigenvalue weighted by Crippen LogP contribution is -2.05. The molecule has 1 aromatic heterocycles. The molecule has 0 saturated heterocycles. The summed E-state index contributed by atoms with van der Waals surface area (Å²) in [5.41, 5.74) is 1.66. The van der Waals surface area contributed by atoms with Crippen molar-refractivity contribution in [3.05, 3.63) is 95.6 Å². The Bertz CT molecular complexity index is 1330. The van der Waals surface area contributed by atoms with E-state index in [1.165, 1.54) is 30.6 Å². The van der Waals surface area contributed by atoms with Gasteiger partial charge in [-0.15, -0.1) is 0 Å². The quantitative estimate of drug-likeness (QED) is 0.232. The fraction of sp³-hybridized carbons (Fsp3) is 0.160. The molecule has 186 valence electrons. The van der Waals surface area contributed by atoms with Crippen molar-refractivity contribution < 1.29 is 26.9 Å². The number of anilines is 2. The minimum atomic E-state index is -4.43. The Morgan fingerprint density at radius 1 is 0.972 bits per heavy atom. The summed E-state index contributed by atoms with van der Waals surface area (Å²) in [6.45, 7) is -0.0869. The van der Waals surface area contributed by atoms with Crippen molar-refractivity contribution in [1.29, 1.82) is 0 Å².